The zero-order valence-corrected chi connectivity index (χ0v) is 10.2. The van der Waals surface area contributed by atoms with Gasteiger partial charge in [0.2, 0.25) is 0 Å². The summed E-state index contributed by atoms with van der Waals surface area (Å²) in [5.74, 6) is 0. The standard InChI is InChI=1S/C12H11F2N3O3/c13-12(14)11(18)6-16-9-1-2-10(17(19)20)8-5-15-4-3-7(8)9/h1-5,11-12,16,18H,6H2. The van der Waals surface area contributed by atoms with Gasteiger partial charge < -0.3 is 10.4 Å². The first-order chi connectivity index (χ1) is 9.50. The number of nitrogens with zero attached hydrogens (tertiary/aromatic N) is 2. The van der Waals surface area contributed by atoms with Gasteiger partial charge in [-0.1, -0.05) is 0 Å². The Bertz CT molecular complexity index is 636. The van der Waals surface area contributed by atoms with Gasteiger partial charge in [0.25, 0.3) is 12.1 Å². The third kappa shape index (κ3) is 2.80. The van der Waals surface area contributed by atoms with Crippen LogP contribution in [0.3, 0.4) is 0 Å². The molecule has 20 heavy (non-hydrogen) atoms. The molecular formula is C12H11F2N3O3. The first-order valence-corrected chi connectivity index (χ1v) is 5.72. The van der Waals surface area contributed by atoms with Crippen LogP contribution in [0.15, 0.2) is 30.6 Å². The number of pyridine rings is 1. The maximum absolute atomic E-state index is 12.2. The van der Waals surface area contributed by atoms with E-state index in [-0.39, 0.29) is 12.2 Å². The van der Waals surface area contributed by atoms with Crippen molar-refractivity contribution < 1.29 is 18.8 Å². The van der Waals surface area contributed by atoms with Crippen LogP contribution in [-0.2, 0) is 0 Å². The van der Waals surface area contributed by atoms with Crippen molar-refractivity contribution in [3.63, 3.8) is 0 Å². The Morgan fingerprint density at radius 1 is 1.35 bits per heavy atom. The Morgan fingerprint density at radius 2 is 2.10 bits per heavy atom. The van der Waals surface area contributed by atoms with Gasteiger partial charge in [0.05, 0.1) is 10.3 Å². The highest BCUT2D eigenvalue weighted by molar-refractivity contribution is 5.99. The van der Waals surface area contributed by atoms with Gasteiger partial charge in [-0.25, -0.2) is 8.78 Å². The smallest absolute Gasteiger partial charge is 0.278 e. The molecule has 1 heterocycles. The second kappa shape index (κ2) is 5.74. The number of non-ortho nitro benzene ring substituents is 1. The van der Waals surface area contributed by atoms with Crippen molar-refractivity contribution in [3.8, 4) is 0 Å². The van der Waals surface area contributed by atoms with E-state index in [1.54, 1.807) is 6.07 Å². The van der Waals surface area contributed by atoms with E-state index >= 15 is 0 Å². The fraction of sp³-hybridized carbons (Fsp3) is 0.250. The molecular weight excluding hydrogens is 272 g/mol. The van der Waals surface area contributed by atoms with Crippen molar-refractivity contribution in [2.75, 3.05) is 11.9 Å². The molecule has 6 nitrogen and oxygen atoms in total. The van der Waals surface area contributed by atoms with Crippen LogP contribution in [-0.4, -0.2) is 34.1 Å². The molecule has 2 rings (SSSR count). The van der Waals surface area contributed by atoms with Gasteiger partial charge in [0.1, 0.15) is 6.10 Å². The summed E-state index contributed by atoms with van der Waals surface area (Å²) in [4.78, 5) is 14.2. The van der Waals surface area contributed by atoms with Crippen LogP contribution >= 0.6 is 0 Å². The molecule has 0 fully saturated rings. The van der Waals surface area contributed by atoms with Crippen molar-refractivity contribution >= 4 is 22.1 Å². The average Bonchev–Trinajstić information content (AvgIpc) is 2.43. The number of rotatable bonds is 5. The Balaban J connectivity index is 2.36. The van der Waals surface area contributed by atoms with Gasteiger partial charge in [-0.15, -0.1) is 0 Å². The molecule has 0 radical (unpaired) electrons. The van der Waals surface area contributed by atoms with Crippen LogP contribution in [0.2, 0.25) is 0 Å². The first-order valence-electron chi connectivity index (χ1n) is 5.72. The summed E-state index contributed by atoms with van der Waals surface area (Å²) in [5, 5.41) is 23.4. The van der Waals surface area contributed by atoms with E-state index in [1.807, 2.05) is 0 Å². The van der Waals surface area contributed by atoms with E-state index in [0.717, 1.165) is 0 Å². The lowest BCUT2D eigenvalue weighted by Gasteiger charge is -2.13. The molecule has 1 unspecified atom stereocenters. The Labute approximate surface area is 112 Å². The number of alkyl halides is 2. The fourth-order valence-electron chi connectivity index (χ4n) is 1.79. The minimum absolute atomic E-state index is 0.118. The molecule has 0 amide bonds. The summed E-state index contributed by atoms with van der Waals surface area (Å²) < 4.78 is 24.5. The van der Waals surface area contributed by atoms with Gasteiger partial charge in [-0.3, -0.25) is 15.1 Å². The summed E-state index contributed by atoms with van der Waals surface area (Å²) in [5.41, 5.74) is 0.306. The highest BCUT2D eigenvalue weighted by Gasteiger charge is 2.18. The van der Waals surface area contributed by atoms with Crippen LogP contribution in [0.1, 0.15) is 0 Å². The number of hydrogen-bond acceptors (Lipinski definition) is 5. The van der Waals surface area contributed by atoms with Gasteiger partial charge >= 0.3 is 0 Å². The molecule has 0 aliphatic rings. The third-order valence-electron chi connectivity index (χ3n) is 2.78. The summed E-state index contributed by atoms with van der Waals surface area (Å²) in [6, 6.07) is 4.22. The minimum atomic E-state index is -2.85. The fourth-order valence-corrected chi connectivity index (χ4v) is 1.79. The van der Waals surface area contributed by atoms with E-state index in [4.69, 9.17) is 5.11 Å². The second-order valence-electron chi connectivity index (χ2n) is 4.09. The van der Waals surface area contributed by atoms with Gasteiger partial charge in [0, 0.05) is 36.1 Å². The lowest BCUT2D eigenvalue weighted by molar-refractivity contribution is -0.383. The number of nitro groups is 1. The predicted molar refractivity (Wildman–Crippen MR) is 68.9 cm³/mol. The van der Waals surface area contributed by atoms with E-state index in [9.17, 15) is 18.9 Å². The Morgan fingerprint density at radius 3 is 2.75 bits per heavy atom. The molecule has 0 spiro atoms. The monoisotopic (exact) mass is 283 g/mol. The van der Waals surface area contributed by atoms with Crippen molar-refractivity contribution in [1.29, 1.82) is 0 Å². The SMILES string of the molecule is O=[N+]([O-])c1ccc(NCC(O)C(F)F)c2ccncc12. The number of hydrogen-bond donors (Lipinski definition) is 2. The first kappa shape index (κ1) is 14.1. The molecule has 2 N–H and O–H groups in total. The van der Waals surface area contributed by atoms with E-state index in [1.165, 1.54) is 24.5 Å². The van der Waals surface area contributed by atoms with Crippen LogP contribution in [0, 0.1) is 10.1 Å². The predicted octanol–water partition coefficient (Wildman–Crippen LogP) is 2.18. The number of aromatic nitrogens is 1. The quantitative estimate of drug-likeness (QED) is 0.648. The largest absolute Gasteiger partial charge is 0.385 e. The number of anilines is 1. The van der Waals surface area contributed by atoms with Crippen LogP contribution < -0.4 is 5.32 Å². The summed E-state index contributed by atoms with van der Waals surface area (Å²) in [7, 11) is 0. The molecule has 1 aromatic heterocycles. The minimum Gasteiger partial charge on any atom is -0.385 e. The molecule has 8 heteroatoms. The molecule has 0 aliphatic carbocycles. The second-order valence-corrected chi connectivity index (χ2v) is 4.09. The van der Waals surface area contributed by atoms with E-state index in [0.29, 0.717) is 16.5 Å². The number of nitrogens with one attached hydrogen (secondary N) is 1. The summed E-state index contributed by atoms with van der Waals surface area (Å²) in [6.07, 6.45) is -1.88. The molecule has 2 aromatic rings. The topological polar surface area (TPSA) is 88.3 Å². The maximum atomic E-state index is 12.2. The number of fused-ring (bicyclic) bond motifs is 1. The number of aliphatic hydroxyl groups is 1. The van der Waals surface area contributed by atoms with Gasteiger partial charge in [-0.2, -0.15) is 0 Å². The summed E-state index contributed by atoms with van der Waals surface area (Å²) >= 11 is 0. The number of aliphatic hydroxyl groups excluding tert-OH is 1. The van der Waals surface area contributed by atoms with Crippen molar-refractivity contribution in [3.05, 3.63) is 40.7 Å². The maximum Gasteiger partial charge on any atom is 0.278 e. The molecule has 1 aromatic carbocycles. The Hall–Kier alpha value is -2.35. The molecule has 0 bridgehead atoms. The highest BCUT2D eigenvalue weighted by atomic mass is 19.3. The van der Waals surface area contributed by atoms with Crippen molar-refractivity contribution in [1.82, 2.24) is 4.98 Å². The molecule has 0 saturated heterocycles. The molecule has 106 valence electrons. The number of nitro benzene ring substituents is 1. The molecule has 1 atom stereocenters. The highest BCUT2D eigenvalue weighted by Crippen LogP contribution is 2.30. The van der Waals surface area contributed by atoms with Gasteiger partial charge in [0.15, 0.2) is 0 Å². The Kier molecular flexibility index (Phi) is 4.04. The van der Waals surface area contributed by atoms with Crippen LogP contribution in [0.5, 0.6) is 0 Å². The third-order valence-corrected chi connectivity index (χ3v) is 2.78. The average molecular weight is 283 g/mol. The zero-order chi connectivity index (χ0) is 14.7. The lowest BCUT2D eigenvalue weighted by Crippen LogP contribution is -2.26. The molecule has 0 aliphatic heterocycles. The number of halogens is 2. The van der Waals surface area contributed by atoms with E-state index < -0.39 is 17.5 Å². The van der Waals surface area contributed by atoms with E-state index in [2.05, 4.69) is 10.3 Å². The van der Waals surface area contributed by atoms with Gasteiger partial charge in [-0.05, 0) is 12.1 Å². The lowest BCUT2D eigenvalue weighted by atomic mass is 10.1. The normalized spacial score (nSPS) is 12.6. The van der Waals surface area contributed by atoms with Crippen LogP contribution in [0.4, 0.5) is 20.2 Å². The van der Waals surface area contributed by atoms with Crippen LogP contribution in [0.25, 0.3) is 10.8 Å². The van der Waals surface area contributed by atoms with Crippen molar-refractivity contribution in [2.45, 2.75) is 12.5 Å². The zero-order valence-electron chi connectivity index (χ0n) is 10.2. The molecule has 0 saturated carbocycles. The van der Waals surface area contributed by atoms with Crippen molar-refractivity contribution in [2.24, 2.45) is 0 Å². The summed E-state index contributed by atoms with van der Waals surface area (Å²) in [6.45, 7) is -0.354. The number of benzene rings is 1.